The second-order valence-electron chi connectivity index (χ2n) is 1.19. The predicted octanol–water partition coefficient (Wildman–Crippen LogP) is -0.675. The average molecular weight is 149 g/mol. The molecule has 1 rings (SSSR count). The Labute approximate surface area is 57.1 Å². The molecular formula is C3H5ClN4O. The maximum Gasteiger partial charge on any atom is 0.288 e. The van der Waals surface area contributed by atoms with Gasteiger partial charge in [0.1, 0.15) is 6.33 Å². The highest BCUT2D eigenvalue weighted by molar-refractivity contribution is 5.88. The Hall–Kier alpha value is -1.10. The maximum atomic E-state index is 10.1. The first-order valence-corrected chi connectivity index (χ1v) is 1.96. The minimum absolute atomic E-state index is 0. The summed E-state index contributed by atoms with van der Waals surface area (Å²) in [6.45, 7) is 0. The molecule has 1 amide bonds. The highest BCUT2D eigenvalue weighted by Crippen LogP contribution is 1.78. The lowest BCUT2D eigenvalue weighted by atomic mass is 10.6. The van der Waals surface area contributed by atoms with E-state index >= 15 is 0 Å². The lowest BCUT2D eigenvalue weighted by molar-refractivity contribution is 0.0991. The zero-order valence-electron chi connectivity index (χ0n) is 4.37. The van der Waals surface area contributed by atoms with Gasteiger partial charge in [-0.1, -0.05) is 0 Å². The molecule has 1 heterocycles. The van der Waals surface area contributed by atoms with Gasteiger partial charge in [0.2, 0.25) is 5.82 Å². The van der Waals surface area contributed by atoms with E-state index in [2.05, 4.69) is 15.2 Å². The molecular weight excluding hydrogens is 144 g/mol. The van der Waals surface area contributed by atoms with E-state index in [0.717, 1.165) is 0 Å². The number of nitrogens with one attached hydrogen (secondary N) is 1. The maximum absolute atomic E-state index is 10.1. The van der Waals surface area contributed by atoms with Crippen LogP contribution in [0.25, 0.3) is 0 Å². The molecule has 0 spiro atoms. The molecule has 0 aliphatic rings. The summed E-state index contributed by atoms with van der Waals surface area (Å²) < 4.78 is 0. The zero-order valence-corrected chi connectivity index (χ0v) is 5.18. The van der Waals surface area contributed by atoms with Gasteiger partial charge < -0.3 is 5.73 Å². The number of carbonyl (C=O) groups excluding carboxylic acids is 1. The number of aromatic amines is 1. The van der Waals surface area contributed by atoms with E-state index in [4.69, 9.17) is 5.73 Å². The molecule has 1 aromatic rings. The number of rotatable bonds is 1. The van der Waals surface area contributed by atoms with Crippen LogP contribution in [0.5, 0.6) is 0 Å². The highest BCUT2D eigenvalue weighted by atomic mass is 35.5. The molecule has 0 aromatic carbocycles. The summed E-state index contributed by atoms with van der Waals surface area (Å²) >= 11 is 0. The molecule has 1 aromatic heterocycles. The molecule has 9 heavy (non-hydrogen) atoms. The van der Waals surface area contributed by atoms with Crippen molar-refractivity contribution in [1.82, 2.24) is 15.2 Å². The highest BCUT2D eigenvalue weighted by Gasteiger charge is 2.00. The summed E-state index contributed by atoms with van der Waals surface area (Å²) in [7, 11) is 0. The molecule has 0 aliphatic heterocycles. The molecule has 0 saturated heterocycles. The lowest BCUT2D eigenvalue weighted by Gasteiger charge is -1.77. The second-order valence-corrected chi connectivity index (χ2v) is 1.19. The molecule has 0 aliphatic carbocycles. The molecule has 0 radical (unpaired) electrons. The van der Waals surface area contributed by atoms with Crippen LogP contribution in [0.2, 0.25) is 0 Å². The van der Waals surface area contributed by atoms with Crippen molar-refractivity contribution in [3.63, 3.8) is 0 Å². The summed E-state index contributed by atoms with van der Waals surface area (Å²) in [5.41, 5.74) is 4.77. The topological polar surface area (TPSA) is 84.7 Å². The van der Waals surface area contributed by atoms with Crippen LogP contribution in [-0.4, -0.2) is 21.1 Å². The fourth-order valence-electron chi connectivity index (χ4n) is 0.328. The van der Waals surface area contributed by atoms with E-state index in [1.165, 1.54) is 6.33 Å². The summed E-state index contributed by atoms with van der Waals surface area (Å²) in [4.78, 5) is 13.6. The van der Waals surface area contributed by atoms with Crippen molar-refractivity contribution >= 4 is 18.3 Å². The van der Waals surface area contributed by atoms with Crippen molar-refractivity contribution in [2.45, 2.75) is 0 Å². The summed E-state index contributed by atoms with van der Waals surface area (Å²) in [6, 6.07) is 0. The van der Waals surface area contributed by atoms with Crippen molar-refractivity contribution in [3.05, 3.63) is 12.2 Å². The van der Waals surface area contributed by atoms with E-state index < -0.39 is 5.91 Å². The van der Waals surface area contributed by atoms with Gasteiger partial charge in [0, 0.05) is 0 Å². The summed E-state index contributed by atoms with van der Waals surface area (Å²) in [5, 5.41) is 5.75. The molecule has 0 saturated carbocycles. The van der Waals surface area contributed by atoms with Gasteiger partial charge in [-0.3, -0.25) is 9.89 Å². The van der Waals surface area contributed by atoms with Crippen molar-refractivity contribution in [3.8, 4) is 0 Å². The van der Waals surface area contributed by atoms with E-state index in [-0.39, 0.29) is 18.2 Å². The summed E-state index contributed by atoms with van der Waals surface area (Å²) in [6.07, 6.45) is 1.29. The molecule has 0 atom stereocenters. The molecule has 0 fully saturated rings. The third-order valence-corrected chi connectivity index (χ3v) is 0.635. The van der Waals surface area contributed by atoms with Crippen LogP contribution in [0, 0.1) is 0 Å². The first-order valence-electron chi connectivity index (χ1n) is 1.96. The van der Waals surface area contributed by atoms with Gasteiger partial charge >= 0.3 is 0 Å². The Morgan fingerprint density at radius 2 is 2.44 bits per heavy atom. The number of nitrogens with two attached hydrogens (primary N) is 1. The van der Waals surface area contributed by atoms with Crippen LogP contribution < -0.4 is 5.73 Å². The van der Waals surface area contributed by atoms with E-state index in [0.29, 0.717) is 0 Å². The standard InChI is InChI=1S/C3H4N4O.ClH/c4-2(8)3-5-1-6-7-3;/h1H,(H2,4,8)(H,5,6,7);1H. The van der Waals surface area contributed by atoms with Crippen molar-refractivity contribution in [1.29, 1.82) is 0 Å². The normalized spacial score (nSPS) is 8.00. The SMILES string of the molecule is Cl.NC(=O)c1nc[nH]n1. The number of amides is 1. The number of hydrogen-bond donors (Lipinski definition) is 2. The van der Waals surface area contributed by atoms with E-state index in [9.17, 15) is 4.79 Å². The predicted molar refractivity (Wildman–Crippen MR) is 32.1 cm³/mol. The van der Waals surface area contributed by atoms with Gasteiger partial charge in [0.15, 0.2) is 0 Å². The Morgan fingerprint density at radius 1 is 1.78 bits per heavy atom. The number of H-pyrrole nitrogens is 1. The molecule has 0 unspecified atom stereocenters. The smallest absolute Gasteiger partial charge is 0.288 e. The van der Waals surface area contributed by atoms with Crippen LogP contribution in [0.1, 0.15) is 10.6 Å². The van der Waals surface area contributed by atoms with Gasteiger partial charge in [-0.25, -0.2) is 4.98 Å². The van der Waals surface area contributed by atoms with Crippen molar-refractivity contribution in [2.24, 2.45) is 5.73 Å². The Bertz CT molecular complexity index is 184. The fourth-order valence-corrected chi connectivity index (χ4v) is 0.328. The number of primary amides is 1. The fraction of sp³-hybridized carbons (Fsp3) is 0. The Morgan fingerprint density at radius 3 is 2.67 bits per heavy atom. The minimum Gasteiger partial charge on any atom is -0.363 e. The van der Waals surface area contributed by atoms with E-state index in [1.54, 1.807) is 0 Å². The quantitative estimate of drug-likeness (QED) is 0.554. The first kappa shape index (κ1) is 7.90. The average Bonchev–Trinajstić information content (AvgIpc) is 2.12. The molecule has 3 N–H and O–H groups in total. The van der Waals surface area contributed by atoms with Crippen molar-refractivity contribution in [2.75, 3.05) is 0 Å². The first-order chi connectivity index (χ1) is 3.80. The van der Waals surface area contributed by atoms with Crippen LogP contribution in [-0.2, 0) is 0 Å². The van der Waals surface area contributed by atoms with Gasteiger partial charge in [-0.05, 0) is 0 Å². The molecule has 5 nitrogen and oxygen atoms in total. The van der Waals surface area contributed by atoms with Gasteiger partial charge in [-0.15, -0.1) is 17.5 Å². The third kappa shape index (κ3) is 1.69. The van der Waals surface area contributed by atoms with Gasteiger partial charge in [-0.2, -0.15) is 0 Å². The largest absolute Gasteiger partial charge is 0.363 e. The van der Waals surface area contributed by atoms with Gasteiger partial charge in [0.05, 0.1) is 0 Å². The Balaban J connectivity index is 0.000000640. The number of hydrogen-bond acceptors (Lipinski definition) is 3. The third-order valence-electron chi connectivity index (χ3n) is 0.635. The minimum atomic E-state index is -0.619. The number of carbonyl (C=O) groups is 1. The molecule has 6 heteroatoms. The van der Waals surface area contributed by atoms with Crippen LogP contribution in [0.4, 0.5) is 0 Å². The zero-order chi connectivity index (χ0) is 5.98. The number of aromatic nitrogens is 3. The molecule has 50 valence electrons. The lowest BCUT2D eigenvalue weighted by Crippen LogP contribution is -2.12. The van der Waals surface area contributed by atoms with Crippen LogP contribution in [0.15, 0.2) is 6.33 Å². The Kier molecular flexibility index (Phi) is 2.66. The van der Waals surface area contributed by atoms with Crippen molar-refractivity contribution < 1.29 is 4.79 Å². The second kappa shape index (κ2) is 3.03. The molecule has 0 bridgehead atoms. The van der Waals surface area contributed by atoms with Crippen LogP contribution >= 0.6 is 12.4 Å². The van der Waals surface area contributed by atoms with Gasteiger partial charge in [0.25, 0.3) is 5.91 Å². The monoisotopic (exact) mass is 148 g/mol. The van der Waals surface area contributed by atoms with Crippen LogP contribution in [0.3, 0.4) is 0 Å². The number of nitrogens with zero attached hydrogens (tertiary/aromatic N) is 2. The number of halogens is 1. The van der Waals surface area contributed by atoms with E-state index in [1.807, 2.05) is 0 Å². The summed E-state index contributed by atoms with van der Waals surface area (Å²) in [5.74, 6) is -0.601.